The summed E-state index contributed by atoms with van der Waals surface area (Å²) in [4.78, 5) is 20.8. The van der Waals surface area contributed by atoms with Crippen molar-refractivity contribution in [1.29, 1.82) is 0 Å². The van der Waals surface area contributed by atoms with Crippen LogP contribution in [0, 0.1) is 0 Å². The molecule has 1 heterocycles. The second kappa shape index (κ2) is 8.12. The maximum absolute atomic E-state index is 11.3. The lowest BCUT2D eigenvalue weighted by molar-refractivity contribution is 0.218. The van der Waals surface area contributed by atoms with Gasteiger partial charge in [0.1, 0.15) is 12.1 Å². The number of aromatic nitrogens is 2. The summed E-state index contributed by atoms with van der Waals surface area (Å²) in [5.74, 6) is 1.23. The van der Waals surface area contributed by atoms with Crippen molar-refractivity contribution in [3.63, 3.8) is 0 Å². The van der Waals surface area contributed by atoms with E-state index in [1.165, 1.54) is 11.2 Å². The number of nitrogens with zero attached hydrogens (tertiary/aromatic N) is 3. The summed E-state index contributed by atoms with van der Waals surface area (Å²) in [5.41, 5.74) is 0. The van der Waals surface area contributed by atoms with Crippen molar-refractivity contribution >= 4 is 11.8 Å². The minimum absolute atomic E-state index is 0.114. The van der Waals surface area contributed by atoms with Crippen LogP contribution >= 0.6 is 0 Å². The van der Waals surface area contributed by atoms with Gasteiger partial charge in [0.2, 0.25) is 5.88 Å². The lowest BCUT2D eigenvalue weighted by Crippen LogP contribution is -2.37. The molecule has 7 nitrogen and oxygen atoms in total. The average molecular weight is 267 g/mol. The molecule has 0 bridgehead atoms. The molecule has 1 rings (SSSR count). The number of amides is 2. The number of hydrogen-bond acceptors (Lipinski definition) is 5. The van der Waals surface area contributed by atoms with E-state index < -0.39 is 0 Å². The summed E-state index contributed by atoms with van der Waals surface area (Å²) in [6, 6.07) is 1.63. The van der Waals surface area contributed by atoms with Gasteiger partial charge in [-0.05, 0) is 6.42 Å². The van der Waals surface area contributed by atoms with Crippen LogP contribution in [0.15, 0.2) is 12.4 Å². The summed E-state index contributed by atoms with van der Waals surface area (Å²) in [5, 5.41) is 5.84. The highest BCUT2D eigenvalue weighted by atomic mass is 16.5. The van der Waals surface area contributed by atoms with Crippen molar-refractivity contribution in [3.8, 4) is 5.88 Å². The van der Waals surface area contributed by atoms with Crippen LogP contribution in [0.1, 0.15) is 13.3 Å². The largest absolute Gasteiger partial charge is 0.478 e. The molecule has 0 atom stereocenters. The SMILES string of the molecule is CCCOc1cc(NCCNC(=O)N(C)C)ncn1. The van der Waals surface area contributed by atoms with Crippen LogP contribution in [0.2, 0.25) is 0 Å². The topological polar surface area (TPSA) is 79.4 Å². The molecule has 0 spiro atoms. The molecule has 2 N–H and O–H groups in total. The number of urea groups is 1. The highest BCUT2D eigenvalue weighted by Gasteiger charge is 2.02. The molecule has 106 valence electrons. The molecule has 0 aliphatic rings. The van der Waals surface area contributed by atoms with Crippen LogP contribution in [-0.4, -0.2) is 54.7 Å². The lowest BCUT2D eigenvalue weighted by Gasteiger charge is -2.12. The molecule has 0 aliphatic heterocycles. The zero-order valence-corrected chi connectivity index (χ0v) is 11.6. The van der Waals surface area contributed by atoms with Crippen molar-refractivity contribution in [1.82, 2.24) is 20.2 Å². The molecule has 0 aliphatic carbocycles. The monoisotopic (exact) mass is 267 g/mol. The molecule has 2 amide bonds. The second-order valence-corrected chi connectivity index (χ2v) is 4.14. The van der Waals surface area contributed by atoms with Gasteiger partial charge in [0, 0.05) is 33.3 Å². The van der Waals surface area contributed by atoms with E-state index in [2.05, 4.69) is 20.6 Å². The Morgan fingerprint density at radius 1 is 1.37 bits per heavy atom. The summed E-state index contributed by atoms with van der Waals surface area (Å²) in [7, 11) is 3.40. The number of carbonyl (C=O) groups is 1. The van der Waals surface area contributed by atoms with Gasteiger partial charge in [-0.25, -0.2) is 14.8 Å². The molecule has 0 saturated carbocycles. The van der Waals surface area contributed by atoms with E-state index >= 15 is 0 Å². The van der Waals surface area contributed by atoms with Gasteiger partial charge < -0.3 is 20.3 Å². The van der Waals surface area contributed by atoms with Crippen LogP contribution in [0.3, 0.4) is 0 Å². The summed E-state index contributed by atoms with van der Waals surface area (Å²) in [6.45, 7) is 3.78. The Morgan fingerprint density at radius 2 is 2.16 bits per heavy atom. The molecule has 19 heavy (non-hydrogen) atoms. The molecule has 0 aromatic carbocycles. The maximum Gasteiger partial charge on any atom is 0.316 e. The number of nitrogens with one attached hydrogen (secondary N) is 2. The van der Waals surface area contributed by atoms with E-state index in [1.807, 2.05) is 6.92 Å². The first-order chi connectivity index (χ1) is 9.13. The molecule has 7 heteroatoms. The molecule has 1 aromatic heterocycles. The van der Waals surface area contributed by atoms with Crippen LogP contribution in [0.5, 0.6) is 5.88 Å². The zero-order valence-electron chi connectivity index (χ0n) is 11.6. The predicted octanol–water partition coefficient (Wildman–Crippen LogP) is 0.948. The molecule has 0 saturated heterocycles. The van der Waals surface area contributed by atoms with E-state index in [0.29, 0.717) is 31.4 Å². The molecule has 0 fully saturated rings. The minimum atomic E-state index is -0.114. The third kappa shape index (κ3) is 5.89. The van der Waals surface area contributed by atoms with Gasteiger partial charge in [-0.2, -0.15) is 0 Å². The number of rotatable bonds is 7. The average Bonchev–Trinajstić information content (AvgIpc) is 2.41. The van der Waals surface area contributed by atoms with Crippen LogP contribution in [0.25, 0.3) is 0 Å². The van der Waals surface area contributed by atoms with Crippen molar-refractivity contribution < 1.29 is 9.53 Å². The Kier molecular flexibility index (Phi) is 6.42. The van der Waals surface area contributed by atoms with Gasteiger partial charge in [0.25, 0.3) is 0 Å². The lowest BCUT2D eigenvalue weighted by atomic mass is 10.5. The van der Waals surface area contributed by atoms with Gasteiger partial charge >= 0.3 is 6.03 Å². The Morgan fingerprint density at radius 3 is 2.84 bits per heavy atom. The highest BCUT2D eigenvalue weighted by Crippen LogP contribution is 2.10. The fraction of sp³-hybridized carbons (Fsp3) is 0.583. The summed E-state index contributed by atoms with van der Waals surface area (Å²) >= 11 is 0. The minimum Gasteiger partial charge on any atom is -0.478 e. The maximum atomic E-state index is 11.3. The molecule has 0 radical (unpaired) electrons. The van der Waals surface area contributed by atoms with Crippen molar-refractivity contribution in [2.24, 2.45) is 0 Å². The second-order valence-electron chi connectivity index (χ2n) is 4.14. The van der Waals surface area contributed by atoms with E-state index in [1.54, 1.807) is 20.2 Å². The number of hydrogen-bond donors (Lipinski definition) is 2. The van der Waals surface area contributed by atoms with Crippen molar-refractivity contribution in [3.05, 3.63) is 12.4 Å². The Hall–Kier alpha value is -2.05. The van der Waals surface area contributed by atoms with Crippen LogP contribution in [-0.2, 0) is 0 Å². The Labute approximate surface area is 113 Å². The van der Waals surface area contributed by atoms with Gasteiger partial charge in [-0.3, -0.25) is 0 Å². The first-order valence-electron chi connectivity index (χ1n) is 6.27. The van der Waals surface area contributed by atoms with E-state index in [0.717, 1.165) is 6.42 Å². The first-order valence-corrected chi connectivity index (χ1v) is 6.27. The molecule has 0 unspecified atom stereocenters. The first kappa shape index (κ1) is 15.0. The van der Waals surface area contributed by atoms with Gasteiger partial charge in [-0.1, -0.05) is 6.92 Å². The van der Waals surface area contributed by atoms with Crippen LogP contribution in [0.4, 0.5) is 10.6 Å². The van der Waals surface area contributed by atoms with Gasteiger partial charge in [0.05, 0.1) is 6.61 Å². The molecular formula is C12H21N5O2. The highest BCUT2D eigenvalue weighted by molar-refractivity contribution is 5.73. The quantitative estimate of drug-likeness (QED) is 0.719. The molecule has 1 aromatic rings. The van der Waals surface area contributed by atoms with E-state index in [-0.39, 0.29) is 6.03 Å². The van der Waals surface area contributed by atoms with Crippen LogP contribution < -0.4 is 15.4 Å². The Bertz CT molecular complexity index is 397. The standard InChI is InChI=1S/C12H21N5O2/c1-4-7-19-11-8-10(15-9-16-11)13-5-6-14-12(18)17(2)3/h8-9H,4-7H2,1-3H3,(H,14,18)(H,13,15,16). The number of ether oxygens (including phenoxy) is 1. The summed E-state index contributed by atoms with van der Waals surface area (Å²) in [6.07, 6.45) is 2.38. The Balaban J connectivity index is 2.31. The zero-order chi connectivity index (χ0) is 14.1. The smallest absolute Gasteiger partial charge is 0.316 e. The summed E-state index contributed by atoms with van der Waals surface area (Å²) < 4.78 is 5.40. The van der Waals surface area contributed by atoms with Gasteiger partial charge in [0.15, 0.2) is 0 Å². The van der Waals surface area contributed by atoms with Crippen molar-refractivity contribution in [2.45, 2.75) is 13.3 Å². The fourth-order valence-electron chi connectivity index (χ4n) is 1.24. The third-order valence-corrected chi connectivity index (χ3v) is 2.21. The third-order valence-electron chi connectivity index (χ3n) is 2.21. The van der Waals surface area contributed by atoms with Gasteiger partial charge in [-0.15, -0.1) is 0 Å². The van der Waals surface area contributed by atoms with E-state index in [9.17, 15) is 4.79 Å². The number of anilines is 1. The number of carbonyl (C=O) groups excluding carboxylic acids is 1. The normalized spacial score (nSPS) is 9.84. The van der Waals surface area contributed by atoms with E-state index in [4.69, 9.17) is 4.74 Å². The molecular weight excluding hydrogens is 246 g/mol. The predicted molar refractivity (Wildman–Crippen MR) is 73.4 cm³/mol. The van der Waals surface area contributed by atoms with Crippen molar-refractivity contribution in [2.75, 3.05) is 39.1 Å². The fourth-order valence-corrected chi connectivity index (χ4v) is 1.24.